The average Bonchev–Trinajstić information content (AvgIpc) is 3.15. The van der Waals surface area contributed by atoms with Crippen molar-refractivity contribution in [2.24, 2.45) is 0 Å². The van der Waals surface area contributed by atoms with E-state index in [1.165, 1.54) is 23.8 Å². The van der Waals surface area contributed by atoms with Gasteiger partial charge in [-0.3, -0.25) is 9.59 Å². The molecule has 0 spiro atoms. The molecule has 3 aromatic rings. The first kappa shape index (κ1) is 21.4. The molecule has 0 aliphatic heterocycles. The summed E-state index contributed by atoms with van der Waals surface area (Å²) >= 11 is 1.62. The van der Waals surface area contributed by atoms with Gasteiger partial charge in [-0.1, -0.05) is 6.07 Å². The lowest BCUT2D eigenvalue weighted by Crippen LogP contribution is -2.32. The molecule has 0 bridgehead atoms. The molecule has 4 rings (SSSR count). The molecule has 2 heterocycles. The van der Waals surface area contributed by atoms with Crippen LogP contribution >= 0.6 is 11.3 Å². The van der Waals surface area contributed by atoms with Gasteiger partial charge in [-0.2, -0.15) is 0 Å². The quantitative estimate of drug-likeness (QED) is 0.607. The van der Waals surface area contributed by atoms with Gasteiger partial charge in [0.2, 0.25) is 5.91 Å². The summed E-state index contributed by atoms with van der Waals surface area (Å²) in [6, 6.07) is 5.74. The minimum atomic E-state index is -0.0946. The number of hydrogen-bond acceptors (Lipinski definition) is 6. The number of fused-ring (bicyclic) bond motifs is 3. The summed E-state index contributed by atoms with van der Waals surface area (Å²) in [5.74, 6) is 1.79. The van der Waals surface area contributed by atoms with E-state index < -0.39 is 0 Å². The number of H-pyrrole nitrogens is 1. The van der Waals surface area contributed by atoms with Crippen molar-refractivity contribution in [2.45, 2.75) is 45.6 Å². The molecule has 1 aliphatic rings. The van der Waals surface area contributed by atoms with E-state index in [1.807, 2.05) is 18.2 Å². The number of rotatable bonds is 7. The Morgan fingerprint density at radius 3 is 2.71 bits per heavy atom. The fourth-order valence-electron chi connectivity index (χ4n) is 4.11. The molecule has 7 nitrogen and oxygen atoms in total. The first-order valence-electron chi connectivity index (χ1n) is 10.5. The van der Waals surface area contributed by atoms with Gasteiger partial charge in [0.05, 0.1) is 26.2 Å². The fourth-order valence-corrected chi connectivity index (χ4v) is 5.39. The third-order valence-electron chi connectivity index (χ3n) is 5.78. The molecule has 0 radical (unpaired) electrons. The maximum absolute atomic E-state index is 12.8. The summed E-state index contributed by atoms with van der Waals surface area (Å²) in [6.45, 7) is 2.32. The van der Waals surface area contributed by atoms with Crippen LogP contribution in [0.25, 0.3) is 10.2 Å². The number of ether oxygens (including phenoxy) is 2. The van der Waals surface area contributed by atoms with Gasteiger partial charge in [-0.05, 0) is 55.4 Å². The smallest absolute Gasteiger partial charge is 0.259 e. The molecule has 1 aromatic carbocycles. The third-order valence-corrected chi connectivity index (χ3v) is 6.96. The summed E-state index contributed by atoms with van der Waals surface area (Å²) in [4.78, 5) is 36.4. The number of benzene rings is 1. The largest absolute Gasteiger partial charge is 0.493 e. The molecule has 8 heteroatoms. The molecule has 1 N–H and O–H groups in total. The average molecular weight is 442 g/mol. The Morgan fingerprint density at radius 1 is 1.19 bits per heavy atom. The Hall–Kier alpha value is -2.87. The van der Waals surface area contributed by atoms with E-state index in [1.54, 1.807) is 30.5 Å². The molecular formula is C23H27N3O4S. The maximum atomic E-state index is 12.8. The number of aromatic amines is 1. The first-order chi connectivity index (χ1) is 15.0. The highest BCUT2D eigenvalue weighted by molar-refractivity contribution is 7.18. The van der Waals surface area contributed by atoms with Crippen LogP contribution in [0, 0.1) is 0 Å². The summed E-state index contributed by atoms with van der Waals surface area (Å²) in [6.07, 6.45) is 4.91. The van der Waals surface area contributed by atoms with Crippen LogP contribution in [-0.4, -0.2) is 41.5 Å². The van der Waals surface area contributed by atoms with Crippen molar-refractivity contribution < 1.29 is 14.3 Å². The molecule has 2 aromatic heterocycles. The standard InChI is InChI=1S/C23H27N3O4S/c1-14(27)26(11-10-15-8-9-17(29-2)18(12-15)30-3)13-20-24-22(28)21-16-6-4-5-7-19(16)31-23(21)25-20/h8-9,12H,4-7,10-11,13H2,1-3H3,(H,24,25,28). The molecule has 0 saturated heterocycles. The Labute approximate surface area is 185 Å². The minimum Gasteiger partial charge on any atom is -0.493 e. The van der Waals surface area contributed by atoms with E-state index in [9.17, 15) is 9.59 Å². The second-order valence-corrected chi connectivity index (χ2v) is 8.87. The highest BCUT2D eigenvalue weighted by atomic mass is 32.1. The Kier molecular flexibility index (Phi) is 6.27. The van der Waals surface area contributed by atoms with Gasteiger partial charge in [0.1, 0.15) is 10.7 Å². The van der Waals surface area contributed by atoms with Crippen LogP contribution in [0.1, 0.15) is 41.6 Å². The van der Waals surface area contributed by atoms with Crippen LogP contribution in [0.2, 0.25) is 0 Å². The van der Waals surface area contributed by atoms with E-state index in [0.717, 1.165) is 35.0 Å². The molecule has 1 amide bonds. The normalized spacial score (nSPS) is 13.1. The lowest BCUT2D eigenvalue weighted by Gasteiger charge is -2.21. The number of nitrogens with zero attached hydrogens (tertiary/aromatic N) is 2. The third kappa shape index (κ3) is 4.44. The van der Waals surface area contributed by atoms with Crippen molar-refractivity contribution in [3.05, 3.63) is 50.4 Å². The van der Waals surface area contributed by atoms with E-state index in [4.69, 9.17) is 14.5 Å². The molecule has 1 aliphatic carbocycles. The number of carbonyl (C=O) groups excluding carboxylic acids is 1. The monoisotopic (exact) mass is 441 g/mol. The van der Waals surface area contributed by atoms with Gasteiger partial charge in [0.15, 0.2) is 11.5 Å². The molecule has 0 unspecified atom stereocenters. The van der Waals surface area contributed by atoms with Gasteiger partial charge >= 0.3 is 0 Å². The minimum absolute atomic E-state index is 0.0614. The topological polar surface area (TPSA) is 84.5 Å². The zero-order valence-electron chi connectivity index (χ0n) is 18.1. The van der Waals surface area contributed by atoms with E-state index in [0.29, 0.717) is 30.3 Å². The van der Waals surface area contributed by atoms with Gasteiger partial charge in [0.25, 0.3) is 5.56 Å². The predicted octanol–water partition coefficient (Wildman–Crippen LogP) is 3.47. The highest BCUT2D eigenvalue weighted by Crippen LogP contribution is 2.33. The fraction of sp³-hybridized carbons (Fsp3) is 0.435. The van der Waals surface area contributed by atoms with Crippen LogP contribution < -0.4 is 15.0 Å². The van der Waals surface area contributed by atoms with E-state index in [-0.39, 0.29) is 18.0 Å². The number of aryl methyl sites for hydroxylation is 2. The van der Waals surface area contributed by atoms with Crippen LogP contribution in [0.5, 0.6) is 11.5 Å². The number of amides is 1. The number of thiophene rings is 1. The molecule has 0 saturated carbocycles. The second-order valence-electron chi connectivity index (χ2n) is 7.78. The van der Waals surface area contributed by atoms with Crippen molar-refractivity contribution >= 4 is 27.5 Å². The van der Waals surface area contributed by atoms with Gasteiger partial charge in [-0.25, -0.2) is 4.98 Å². The Bertz CT molecular complexity index is 1170. The molecule has 0 fully saturated rings. The number of aromatic nitrogens is 2. The number of methoxy groups -OCH3 is 2. The van der Waals surface area contributed by atoms with Crippen LogP contribution in [0.3, 0.4) is 0 Å². The highest BCUT2D eigenvalue weighted by Gasteiger charge is 2.20. The number of carbonyl (C=O) groups is 1. The van der Waals surface area contributed by atoms with E-state index >= 15 is 0 Å². The first-order valence-corrected chi connectivity index (χ1v) is 11.3. The number of hydrogen-bond donors (Lipinski definition) is 1. The lowest BCUT2D eigenvalue weighted by molar-refractivity contribution is -0.129. The molecule has 31 heavy (non-hydrogen) atoms. The van der Waals surface area contributed by atoms with E-state index in [2.05, 4.69) is 4.98 Å². The lowest BCUT2D eigenvalue weighted by atomic mass is 9.97. The summed E-state index contributed by atoms with van der Waals surface area (Å²) in [5, 5.41) is 0.739. The molecule has 164 valence electrons. The van der Waals surface area contributed by atoms with Crippen LogP contribution in [0.4, 0.5) is 0 Å². The van der Waals surface area contributed by atoms with Crippen LogP contribution in [0.15, 0.2) is 23.0 Å². The summed E-state index contributed by atoms with van der Waals surface area (Å²) < 4.78 is 10.6. The Balaban J connectivity index is 1.53. The van der Waals surface area contributed by atoms with Crippen molar-refractivity contribution in [2.75, 3.05) is 20.8 Å². The molecule has 0 atom stereocenters. The van der Waals surface area contributed by atoms with Crippen molar-refractivity contribution in [3.63, 3.8) is 0 Å². The summed E-state index contributed by atoms with van der Waals surface area (Å²) in [5.41, 5.74) is 2.11. The van der Waals surface area contributed by atoms with Gasteiger partial charge in [-0.15, -0.1) is 11.3 Å². The zero-order chi connectivity index (χ0) is 22.0. The maximum Gasteiger partial charge on any atom is 0.259 e. The Morgan fingerprint density at radius 2 is 1.97 bits per heavy atom. The second kappa shape index (κ2) is 9.09. The van der Waals surface area contributed by atoms with Gasteiger partial charge in [0, 0.05) is 18.3 Å². The SMILES string of the molecule is COc1ccc(CCN(Cc2nc3sc4c(c3c(=O)[nH]2)CCCC4)C(C)=O)cc1OC. The summed E-state index contributed by atoms with van der Waals surface area (Å²) in [7, 11) is 3.20. The van der Waals surface area contributed by atoms with Crippen molar-refractivity contribution in [1.29, 1.82) is 0 Å². The predicted molar refractivity (Wildman–Crippen MR) is 121 cm³/mol. The van der Waals surface area contributed by atoms with Gasteiger partial charge < -0.3 is 19.4 Å². The van der Waals surface area contributed by atoms with Crippen LogP contribution in [-0.2, 0) is 30.6 Å². The van der Waals surface area contributed by atoms with Crippen molar-refractivity contribution in [3.8, 4) is 11.5 Å². The molecular weight excluding hydrogens is 414 g/mol. The zero-order valence-corrected chi connectivity index (χ0v) is 18.9. The van der Waals surface area contributed by atoms with Crippen molar-refractivity contribution in [1.82, 2.24) is 14.9 Å². The number of nitrogens with one attached hydrogen (secondary N) is 1.